The molecule has 0 unspecified atom stereocenters. The van der Waals surface area contributed by atoms with Crippen molar-refractivity contribution in [3.05, 3.63) is 66.2 Å². The number of para-hydroxylation sites is 1. The number of benzene rings is 2. The van der Waals surface area contributed by atoms with Crippen molar-refractivity contribution in [1.29, 1.82) is 0 Å². The summed E-state index contributed by atoms with van der Waals surface area (Å²) in [5.74, 6) is 0.277. The van der Waals surface area contributed by atoms with E-state index < -0.39 is 6.02 Å². The Morgan fingerprint density at radius 2 is 1.79 bits per heavy atom. The van der Waals surface area contributed by atoms with Crippen molar-refractivity contribution < 1.29 is 14.6 Å². The molecular formula is C18H18N4O2. The first-order chi connectivity index (χ1) is 11.8. The van der Waals surface area contributed by atoms with Gasteiger partial charge in [0, 0.05) is 6.42 Å². The summed E-state index contributed by atoms with van der Waals surface area (Å²) in [6, 6.07) is 18.7. The molecule has 0 spiro atoms. The van der Waals surface area contributed by atoms with E-state index in [0.717, 1.165) is 19.4 Å². The molecule has 0 N–H and O–H groups in total. The van der Waals surface area contributed by atoms with Gasteiger partial charge in [-0.25, -0.2) is 9.98 Å². The highest BCUT2D eigenvalue weighted by Crippen LogP contribution is 2.10. The first kappa shape index (κ1) is 15.9. The number of hydrogen-bond acceptors (Lipinski definition) is 4. The van der Waals surface area contributed by atoms with Gasteiger partial charge >= 0.3 is 0 Å². The molecule has 0 fully saturated rings. The van der Waals surface area contributed by atoms with Crippen LogP contribution in [-0.4, -0.2) is 29.7 Å². The van der Waals surface area contributed by atoms with E-state index in [1.807, 2.05) is 36.4 Å². The average molecular weight is 322 g/mol. The third-order valence-corrected chi connectivity index (χ3v) is 3.51. The monoisotopic (exact) mass is 322 g/mol. The van der Waals surface area contributed by atoms with Gasteiger partial charge in [0.15, 0.2) is 11.8 Å². The number of rotatable bonds is 5. The fourth-order valence-electron chi connectivity index (χ4n) is 2.35. The molecule has 3 rings (SSSR count). The molecule has 0 saturated carbocycles. The highest BCUT2D eigenvalue weighted by molar-refractivity contribution is 5.90. The maximum Gasteiger partial charge on any atom is 0.299 e. The van der Waals surface area contributed by atoms with Crippen LogP contribution in [0.4, 0.5) is 5.69 Å². The van der Waals surface area contributed by atoms with Gasteiger partial charge in [-0.05, 0) is 24.1 Å². The standard InChI is InChI=1S/C18H18N4O2/c23-18(19-16-11-5-2-6-12-16)20-17-14-22(21-24-17)13-7-10-15-8-3-1-4-9-15/h1-6,8-9,11-12H,7,10,13-14H2/b20-17+. The minimum atomic E-state index is -0.586. The van der Waals surface area contributed by atoms with Crippen molar-refractivity contribution in [2.24, 2.45) is 15.3 Å². The Balaban J connectivity index is 1.48. The van der Waals surface area contributed by atoms with E-state index in [1.54, 1.807) is 16.8 Å². The van der Waals surface area contributed by atoms with Gasteiger partial charge in [-0.3, -0.25) is 4.84 Å². The second-order valence-electron chi connectivity index (χ2n) is 5.39. The molecule has 0 saturated heterocycles. The molecule has 1 aliphatic rings. The largest absolute Gasteiger partial charge is 0.844 e. The fraction of sp³-hybridized carbons (Fsp3) is 0.222. The van der Waals surface area contributed by atoms with Crippen molar-refractivity contribution >= 4 is 17.6 Å². The van der Waals surface area contributed by atoms with E-state index >= 15 is 0 Å². The average Bonchev–Trinajstić information content (AvgIpc) is 3.04. The summed E-state index contributed by atoms with van der Waals surface area (Å²) in [7, 11) is 0. The Labute approximate surface area is 140 Å². The van der Waals surface area contributed by atoms with Crippen LogP contribution in [0.2, 0.25) is 0 Å². The quantitative estimate of drug-likeness (QED) is 0.482. The van der Waals surface area contributed by atoms with E-state index in [-0.39, 0.29) is 5.90 Å². The molecule has 0 aliphatic carbocycles. The normalized spacial score (nSPS) is 16.1. The van der Waals surface area contributed by atoms with Crippen LogP contribution in [0.3, 0.4) is 0 Å². The molecule has 6 heteroatoms. The Bertz CT molecular complexity index is 755. The zero-order valence-electron chi connectivity index (χ0n) is 13.2. The molecule has 2 aromatic carbocycles. The van der Waals surface area contributed by atoms with Gasteiger partial charge in [-0.1, -0.05) is 53.2 Å². The first-order valence-corrected chi connectivity index (χ1v) is 7.85. The third kappa shape index (κ3) is 4.74. The van der Waals surface area contributed by atoms with Crippen molar-refractivity contribution in [3.8, 4) is 0 Å². The number of aliphatic imine (C=N–C) groups is 2. The van der Waals surface area contributed by atoms with Crippen LogP contribution in [0.5, 0.6) is 0 Å². The van der Waals surface area contributed by atoms with Crippen LogP contribution < -0.4 is 5.11 Å². The Morgan fingerprint density at radius 1 is 1.08 bits per heavy atom. The van der Waals surface area contributed by atoms with Crippen molar-refractivity contribution in [2.45, 2.75) is 12.8 Å². The SMILES string of the molecule is [O-]C(=Nc1ccccc1)/N=C1\C[N+](CCCc2ccccc2)=NO1. The summed E-state index contributed by atoms with van der Waals surface area (Å²) < 4.78 is 1.76. The Kier molecular flexibility index (Phi) is 5.29. The van der Waals surface area contributed by atoms with Crippen LogP contribution in [0.25, 0.3) is 0 Å². The number of nitrogens with zero attached hydrogens (tertiary/aromatic N) is 4. The summed E-state index contributed by atoms with van der Waals surface area (Å²) in [4.78, 5) is 12.8. The summed E-state index contributed by atoms with van der Waals surface area (Å²) in [6.45, 7) is 1.14. The smallest absolute Gasteiger partial charge is 0.299 e. The lowest BCUT2D eigenvalue weighted by atomic mass is 10.1. The predicted molar refractivity (Wildman–Crippen MR) is 89.2 cm³/mol. The fourth-order valence-corrected chi connectivity index (χ4v) is 2.35. The molecule has 24 heavy (non-hydrogen) atoms. The van der Waals surface area contributed by atoms with Crippen LogP contribution in [0.1, 0.15) is 12.0 Å². The topological polar surface area (TPSA) is 72.4 Å². The minimum Gasteiger partial charge on any atom is -0.844 e. The van der Waals surface area contributed by atoms with Crippen molar-refractivity contribution in [1.82, 2.24) is 0 Å². The molecule has 1 heterocycles. The maximum absolute atomic E-state index is 11.8. The molecule has 1 aliphatic heterocycles. The predicted octanol–water partition coefficient (Wildman–Crippen LogP) is 2.48. The van der Waals surface area contributed by atoms with Gasteiger partial charge < -0.3 is 5.11 Å². The summed E-state index contributed by atoms with van der Waals surface area (Å²) >= 11 is 0. The number of aryl methyl sites for hydroxylation is 1. The maximum atomic E-state index is 11.8. The van der Waals surface area contributed by atoms with Crippen LogP contribution in [0.15, 0.2) is 75.9 Å². The van der Waals surface area contributed by atoms with Gasteiger partial charge in [-0.2, -0.15) is 0 Å². The third-order valence-electron chi connectivity index (χ3n) is 3.51. The van der Waals surface area contributed by atoms with Gasteiger partial charge in [0.05, 0.1) is 11.7 Å². The first-order valence-electron chi connectivity index (χ1n) is 7.85. The summed E-state index contributed by atoms with van der Waals surface area (Å²) in [5, 5.41) is 15.7. The molecular weight excluding hydrogens is 304 g/mol. The molecule has 0 atom stereocenters. The lowest BCUT2D eigenvalue weighted by Gasteiger charge is -2.03. The van der Waals surface area contributed by atoms with E-state index in [9.17, 15) is 5.11 Å². The zero-order valence-corrected chi connectivity index (χ0v) is 13.2. The zero-order chi connectivity index (χ0) is 16.6. The lowest BCUT2D eigenvalue weighted by Crippen LogP contribution is -2.20. The molecule has 0 radical (unpaired) electrons. The minimum absolute atomic E-state index is 0.277. The molecule has 0 aromatic heterocycles. The summed E-state index contributed by atoms with van der Waals surface area (Å²) in [5.41, 5.74) is 1.87. The van der Waals surface area contributed by atoms with Gasteiger partial charge in [0.2, 0.25) is 6.54 Å². The highest BCUT2D eigenvalue weighted by atomic mass is 16.7. The second-order valence-corrected chi connectivity index (χ2v) is 5.39. The molecule has 2 aromatic rings. The number of hydrogen-bond donors (Lipinski definition) is 0. The van der Waals surface area contributed by atoms with E-state index in [1.165, 1.54) is 5.56 Å². The van der Waals surface area contributed by atoms with Crippen LogP contribution in [0, 0.1) is 0 Å². The Hall–Kier alpha value is -3.02. The van der Waals surface area contributed by atoms with E-state index in [4.69, 9.17) is 4.84 Å². The van der Waals surface area contributed by atoms with Gasteiger partial charge in [-0.15, -0.1) is 0 Å². The summed E-state index contributed by atoms with van der Waals surface area (Å²) in [6.07, 6.45) is 1.92. The Morgan fingerprint density at radius 3 is 2.54 bits per heavy atom. The molecule has 0 bridgehead atoms. The lowest BCUT2D eigenvalue weighted by molar-refractivity contribution is -0.585. The highest BCUT2D eigenvalue weighted by Gasteiger charge is 2.22. The molecule has 0 amide bonds. The van der Waals surface area contributed by atoms with Crippen molar-refractivity contribution in [3.63, 3.8) is 0 Å². The van der Waals surface area contributed by atoms with Crippen molar-refractivity contribution in [2.75, 3.05) is 13.1 Å². The molecule has 6 nitrogen and oxygen atoms in total. The van der Waals surface area contributed by atoms with E-state index in [0.29, 0.717) is 12.2 Å². The molecule has 122 valence electrons. The van der Waals surface area contributed by atoms with E-state index in [2.05, 4.69) is 27.4 Å². The van der Waals surface area contributed by atoms with Gasteiger partial charge in [0.1, 0.15) is 0 Å². The number of amidine groups is 1. The van der Waals surface area contributed by atoms with Crippen LogP contribution >= 0.6 is 0 Å². The van der Waals surface area contributed by atoms with Crippen LogP contribution in [-0.2, 0) is 11.3 Å². The second kappa shape index (κ2) is 8.01. The van der Waals surface area contributed by atoms with Gasteiger partial charge in [0.25, 0.3) is 5.90 Å².